The second kappa shape index (κ2) is 3.67. The Kier molecular flexibility index (Phi) is 3.99. The van der Waals surface area contributed by atoms with Crippen molar-refractivity contribution in [1.82, 2.24) is 0 Å². The molecule has 0 aromatic heterocycles. The van der Waals surface area contributed by atoms with E-state index >= 15 is 0 Å². The fourth-order valence-electron chi connectivity index (χ4n) is 0.439. The van der Waals surface area contributed by atoms with Crippen LogP contribution in [-0.4, -0.2) is 13.0 Å². The number of halogens is 1. The van der Waals surface area contributed by atoms with Crippen LogP contribution < -0.4 is 0 Å². The molecule has 0 saturated carbocycles. The zero-order chi connectivity index (χ0) is 6.62. The summed E-state index contributed by atoms with van der Waals surface area (Å²) in [6.07, 6.45) is 0. The van der Waals surface area contributed by atoms with Gasteiger partial charge in [0.25, 0.3) is 0 Å². The van der Waals surface area contributed by atoms with Gasteiger partial charge in [-0.25, -0.2) is 0 Å². The first kappa shape index (κ1) is 8.70. The predicted octanol–water partition coefficient (Wildman–Crippen LogP) is 3.04. The van der Waals surface area contributed by atoms with E-state index < -0.39 is 8.07 Å². The normalized spacial score (nSPS) is 12.0. The molecule has 0 unspecified atom stereocenters. The first-order chi connectivity index (χ1) is 3.68. The summed E-state index contributed by atoms with van der Waals surface area (Å²) in [5.74, 6) is 0. The molecule has 0 aromatic rings. The van der Waals surface area contributed by atoms with Gasteiger partial charge in [0.2, 0.25) is 0 Å². The molecule has 0 aromatic carbocycles. The average Bonchev–Trinajstić information content (AvgIpc) is 1.87. The van der Waals surface area contributed by atoms with E-state index in [9.17, 15) is 0 Å². The molecular weight excluding hydrogens is 180 g/mol. The van der Waals surface area contributed by atoms with Gasteiger partial charge in [-0.3, -0.25) is 0 Å². The lowest BCUT2D eigenvalue weighted by Crippen LogP contribution is -2.29. The fraction of sp³-hybridized carbons (Fsp3) is 1.00. The lowest BCUT2D eigenvalue weighted by atomic mass is 10.9. The van der Waals surface area contributed by atoms with E-state index in [1.54, 1.807) is 0 Å². The third-order valence-electron chi connectivity index (χ3n) is 2.03. The van der Waals surface area contributed by atoms with Gasteiger partial charge in [-0.1, -0.05) is 48.4 Å². The molecule has 0 heterocycles. The maximum Gasteiger partial charge on any atom is 0.0612 e. The molecule has 0 saturated heterocycles. The molecule has 0 fully saturated rings. The van der Waals surface area contributed by atoms with Crippen LogP contribution in [0.1, 0.15) is 13.8 Å². The van der Waals surface area contributed by atoms with Crippen molar-refractivity contribution in [2.24, 2.45) is 0 Å². The van der Waals surface area contributed by atoms with Gasteiger partial charge in [-0.15, -0.1) is 0 Å². The van der Waals surface area contributed by atoms with Crippen LogP contribution >= 0.6 is 15.9 Å². The van der Waals surface area contributed by atoms with E-state index in [4.69, 9.17) is 0 Å². The van der Waals surface area contributed by atoms with Crippen molar-refractivity contribution in [3.05, 3.63) is 0 Å². The van der Waals surface area contributed by atoms with Gasteiger partial charge in [0.1, 0.15) is 0 Å². The molecule has 2 heteroatoms. The van der Waals surface area contributed by atoms with Crippen molar-refractivity contribution in [1.29, 1.82) is 0 Å². The molecule has 0 aliphatic carbocycles. The van der Waals surface area contributed by atoms with E-state index in [2.05, 4.69) is 36.3 Å². The molecule has 0 amide bonds. The summed E-state index contributed by atoms with van der Waals surface area (Å²) in [6.45, 7) is 7.05. The van der Waals surface area contributed by atoms with Gasteiger partial charge >= 0.3 is 0 Å². The van der Waals surface area contributed by atoms with Crippen LogP contribution in [0.15, 0.2) is 0 Å². The number of hydrogen-bond donors (Lipinski definition) is 0. The number of rotatable bonds is 3. The highest BCUT2D eigenvalue weighted by Crippen LogP contribution is 2.16. The molecule has 0 spiro atoms. The van der Waals surface area contributed by atoms with Crippen LogP contribution in [0, 0.1) is 0 Å². The molecule has 0 nitrogen and oxygen atoms in total. The van der Waals surface area contributed by atoms with Gasteiger partial charge < -0.3 is 0 Å². The molecule has 0 radical (unpaired) electrons. The SMILES string of the molecule is CC[Si](C)(CC)CBr. The molecule has 0 bridgehead atoms. The Morgan fingerprint density at radius 3 is 1.62 bits per heavy atom. The third-order valence-corrected chi connectivity index (χ3v) is 10.2. The fourth-order valence-corrected chi connectivity index (χ4v) is 3.70. The zero-order valence-corrected chi connectivity index (χ0v) is 8.59. The summed E-state index contributed by atoms with van der Waals surface area (Å²) in [5.41, 5.74) is 0. The van der Waals surface area contributed by atoms with Crippen molar-refractivity contribution in [2.75, 3.05) is 4.95 Å². The van der Waals surface area contributed by atoms with Crippen LogP contribution in [-0.2, 0) is 0 Å². The first-order valence-electron chi connectivity index (χ1n) is 3.24. The van der Waals surface area contributed by atoms with Gasteiger partial charge in [0, 0.05) is 0 Å². The van der Waals surface area contributed by atoms with Crippen molar-refractivity contribution in [2.45, 2.75) is 32.5 Å². The van der Waals surface area contributed by atoms with Crippen LogP contribution in [0.4, 0.5) is 0 Å². The molecule has 0 aliphatic rings. The molecule has 50 valence electrons. The minimum Gasteiger partial charge on any atom is -0.0961 e. The van der Waals surface area contributed by atoms with Crippen molar-refractivity contribution >= 4 is 24.0 Å². The van der Waals surface area contributed by atoms with E-state index in [1.165, 1.54) is 17.0 Å². The van der Waals surface area contributed by atoms with Crippen LogP contribution in [0.3, 0.4) is 0 Å². The van der Waals surface area contributed by atoms with Gasteiger partial charge in [0.15, 0.2) is 0 Å². The summed E-state index contributed by atoms with van der Waals surface area (Å²) in [6, 6.07) is 2.82. The van der Waals surface area contributed by atoms with E-state index in [1.807, 2.05) is 0 Å². The first-order valence-corrected chi connectivity index (χ1v) is 7.48. The second-order valence-corrected chi connectivity index (χ2v) is 9.64. The summed E-state index contributed by atoms with van der Waals surface area (Å²) in [7, 11) is -0.755. The van der Waals surface area contributed by atoms with Gasteiger partial charge in [-0.05, 0) is 4.95 Å². The number of alkyl halides is 1. The molecule has 0 aliphatic heterocycles. The smallest absolute Gasteiger partial charge is 0.0612 e. The standard InChI is InChI=1S/C6H15BrSi/c1-4-8(3,5-2)6-7/h4-6H2,1-3H3. The Hall–Kier alpha value is 0.697. The Morgan fingerprint density at radius 2 is 1.62 bits per heavy atom. The van der Waals surface area contributed by atoms with Crippen LogP contribution in [0.2, 0.25) is 18.6 Å². The van der Waals surface area contributed by atoms with Crippen molar-refractivity contribution in [3.63, 3.8) is 0 Å². The highest BCUT2D eigenvalue weighted by Gasteiger charge is 2.19. The minimum atomic E-state index is -0.755. The molecule has 0 N–H and O–H groups in total. The maximum atomic E-state index is 3.55. The lowest BCUT2D eigenvalue weighted by molar-refractivity contribution is 1.25. The van der Waals surface area contributed by atoms with Crippen LogP contribution in [0.25, 0.3) is 0 Å². The molecule has 0 atom stereocenters. The van der Waals surface area contributed by atoms with E-state index in [0.29, 0.717) is 0 Å². The second-order valence-electron chi connectivity index (χ2n) is 2.65. The van der Waals surface area contributed by atoms with Crippen molar-refractivity contribution < 1.29 is 0 Å². The predicted molar refractivity (Wildman–Crippen MR) is 46.4 cm³/mol. The lowest BCUT2D eigenvalue weighted by Gasteiger charge is -2.19. The zero-order valence-electron chi connectivity index (χ0n) is 6.00. The molecule has 8 heavy (non-hydrogen) atoms. The van der Waals surface area contributed by atoms with Crippen LogP contribution in [0.5, 0.6) is 0 Å². The van der Waals surface area contributed by atoms with E-state index in [0.717, 1.165) is 0 Å². The monoisotopic (exact) mass is 194 g/mol. The topological polar surface area (TPSA) is 0 Å². The van der Waals surface area contributed by atoms with Crippen molar-refractivity contribution in [3.8, 4) is 0 Å². The van der Waals surface area contributed by atoms with E-state index in [-0.39, 0.29) is 0 Å². The summed E-state index contributed by atoms with van der Waals surface area (Å²) in [4.78, 5) is 1.27. The maximum absolute atomic E-state index is 3.55. The minimum absolute atomic E-state index is 0.755. The Balaban J connectivity index is 3.58. The largest absolute Gasteiger partial charge is 0.0961 e. The number of hydrogen-bond acceptors (Lipinski definition) is 0. The highest BCUT2D eigenvalue weighted by molar-refractivity contribution is 9.09. The average molecular weight is 195 g/mol. The van der Waals surface area contributed by atoms with Gasteiger partial charge in [-0.2, -0.15) is 0 Å². The summed E-state index contributed by atoms with van der Waals surface area (Å²) < 4.78 is 0. The Bertz CT molecular complexity index is 51.3. The highest BCUT2D eigenvalue weighted by atomic mass is 79.9. The summed E-state index contributed by atoms with van der Waals surface area (Å²) >= 11 is 3.55. The molecule has 0 rings (SSSR count). The molecular formula is C6H15BrSi. The van der Waals surface area contributed by atoms with Gasteiger partial charge in [0.05, 0.1) is 8.07 Å². The Morgan fingerprint density at radius 1 is 1.25 bits per heavy atom. The summed E-state index contributed by atoms with van der Waals surface area (Å²) in [5, 5.41) is 0. The Labute approximate surface area is 61.8 Å². The quantitative estimate of drug-likeness (QED) is 0.479. The third kappa shape index (κ3) is 2.31.